The standard InChI is InChI=1S/C26H21FN2O5/c1-3-33-26(32)20-8-5-11-28(20)24-18-6-4-7-19(27)23(18)29(25(24)31)14-16-9-10-17-15(2)12-22(30)34-21(17)13-16/h4-13,24H,3,14H2,1-2H3. The highest BCUT2D eigenvalue weighted by molar-refractivity contribution is 6.05. The normalized spacial score (nSPS) is 15.1. The van der Waals surface area contributed by atoms with Gasteiger partial charge in [-0.05, 0) is 49.2 Å². The molecule has 2 aromatic carbocycles. The lowest BCUT2D eigenvalue weighted by Gasteiger charge is -2.20. The molecule has 7 nitrogen and oxygen atoms in total. The van der Waals surface area contributed by atoms with Crippen LogP contribution < -0.4 is 10.5 Å². The van der Waals surface area contributed by atoms with Crippen molar-refractivity contribution in [3.63, 3.8) is 0 Å². The average molecular weight is 460 g/mol. The molecule has 1 unspecified atom stereocenters. The minimum absolute atomic E-state index is 0.0624. The minimum atomic E-state index is -0.916. The fraction of sp³-hybridized carbons (Fsp3) is 0.192. The van der Waals surface area contributed by atoms with Crippen LogP contribution in [0.5, 0.6) is 0 Å². The Morgan fingerprint density at radius 2 is 1.94 bits per heavy atom. The number of hydrogen-bond donors (Lipinski definition) is 0. The minimum Gasteiger partial charge on any atom is -0.461 e. The highest BCUT2D eigenvalue weighted by Gasteiger charge is 2.41. The maximum absolute atomic E-state index is 15.0. The van der Waals surface area contributed by atoms with Crippen molar-refractivity contribution in [3.8, 4) is 0 Å². The van der Waals surface area contributed by atoms with E-state index in [1.54, 1.807) is 43.5 Å². The van der Waals surface area contributed by atoms with Crippen molar-refractivity contribution in [3.05, 3.63) is 99.4 Å². The van der Waals surface area contributed by atoms with Crippen LogP contribution in [0.1, 0.15) is 40.1 Å². The smallest absolute Gasteiger partial charge is 0.354 e. The SMILES string of the molecule is CCOC(=O)c1cccn1C1C(=O)N(Cc2ccc3c(C)cc(=O)oc3c2)c2c(F)cccc21. The molecule has 2 aromatic heterocycles. The molecular formula is C26H21FN2O5. The number of nitrogens with zero attached hydrogens (tertiary/aromatic N) is 2. The fourth-order valence-electron chi connectivity index (χ4n) is 4.50. The molecule has 3 heterocycles. The number of carbonyl (C=O) groups excluding carboxylic acids is 2. The van der Waals surface area contributed by atoms with Crippen molar-refractivity contribution >= 4 is 28.5 Å². The van der Waals surface area contributed by atoms with Gasteiger partial charge < -0.3 is 18.6 Å². The molecule has 0 bridgehead atoms. The Bertz CT molecular complexity index is 1500. The Morgan fingerprint density at radius 3 is 2.74 bits per heavy atom. The van der Waals surface area contributed by atoms with Crippen LogP contribution in [-0.2, 0) is 16.1 Å². The lowest BCUT2D eigenvalue weighted by atomic mass is 10.1. The van der Waals surface area contributed by atoms with Crippen molar-refractivity contribution in [2.24, 2.45) is 0 Å². The second-order valence-corrected chi connectivity index (χ2v) is 8.10. The molecule has 1 aliphatic rings. The fourth-order valence-corrected chi connectivity index (χ4v) is 4.50. The largest absolute Gasteiger partial charge is 0.461 e. The van der Waals surface area contributed by atoms with Gasteiger partial charge in [0.2, 0.25) is 0 Å². The number of carbonyl (C=O) groups is 2. The van der Waals surface area contributed by atoms with Crippen molar-refractivity contribution in [2.45, 2.75) is 26.4 Å². The number of esters is 1. The van der Waals surface area contributed by atoms with Crippen LogP contribution in [-0.4, -0.2) is 23.1 Å². The second-order valence-electron chi connectivity index (χ2n) is 8.10. The van der Waals surface area contributed by atoms with Crippen molar-refractivity contribution in [1.29, 1.82) is 0 Å². The summed E-state index contributed by atoms with van der Waals surface area (Å²) in [6, 6.07) is 13.6. The van der Waals surface area contributed by atoms with Crippen LogP contribution in [0.4, 0.5) is 10.1 Å². The van der Waals surface area contributed by atoms with Crippen LogP contribution in [0, 0.1) is 12.7 Å². The number of aromatic nitrogens is 1. The molecule has 1 atom stereocenters. The van der Waals surface area contributed by atoms with E-state index in [0.29, 0.717) is 16.7 Å². The number of hydrogen-bond acceptors (Lipinski definition) is 5. The van der Waals surface area contributed by atoms with Gasteiger partial charge in [0.25, 0.3) is 5.91 Å². The third-order valence-electron chi connectivity index (χ3n) is 5.98. The Kier molecular flexibility index (Phi) is 5.28. The molecule has 1 amide bonds. The molecule has 0 N–H and O–H groups in total. The maximum Gasteiger partial charge on any atom is 0.354 e. The van der Waals surface area contributed by atoms with Gasteiger partial charge in [-0.3, -0.25) is 4.79 Å². The van der Waals surface area contributed by atoms with Gasteiger partial charge >= 0.3 is 11.6 Å². The van der Waals surface area contributed by atoms with E-state index in [2.05, 4.69) is 0 Å². The van der Waals surface area contributed by atoms with E-state index in [4.69, 9.17) is 9.15 Å². The number of benzene rings is 2. The van der Waals surface area contributed by atoms with Crippen molar-refractivity contribution in [1.82, 2.24) is 4.57 Å². The summed E-state index contributed by atoms with van der Waals surface area (Å²) in [4.78, 5) is 39.2. The first-order valence-corrected chi connectivity index (χ1v) is 10.9. The molecule has 4 aromatic rings. The van der Waals surface area contributed by atoms with Crippen LogP contribution in [0.2, 0.25) is 0 Å². The second kappa shape index (κ2) is 8.30. The Labute approximate surface area is 194 Å². The third-order valence-corrected chi connectivity index (χ3v) is 5.98. The molecule has 0 spiro atoms. The molecule has 5 rings (SSSR count). The summed E-state index contributed by atoms with van der Waals surface area (Å²) in [6.07, 6.45) is 1.61. The van der Waals surface area contributed by atoms with E-state index < -0.39 is 23.5 Å². The Morgan fingerprint density at radius 1 is 1.12 bits per heavy atom. The number of amides is 1. The highest BCUT2D eigenvalue weighted by atomic mass is 19.1. The number of rotatable bonds is 5. The van der Waals surface area contributed by atoms with Gasteiger partial charge in [-0.25, -0.2) is 14.0 Å². The predicted molar refractivity (Wildman–Crippen MR) is 123 cm³/mol. The molecule has 0 saturated heterocycles. The number of ether oxygens (including phenoxy) is 1. The Hall–Kier alpha value is -4.20. The first-order chi connectivity index (χ1) is 16.4. The third kappa shape index (κ3) is 3.48. The van der Waals surface area contributed by atoms with E-state index in [1.807, 2.05) is 19.1 Å². The number of halogens is 1. The number of fused-ring (bicyclic) bond motifs is 2. The average Bonchev–Trinajstić information content (AvgIpc) is 3.37. The maximum atomic E-state index is 15.0. The summed E-state index contributed by atoms with van der Waals surface area (Å²) in [5.74, 6) is -1.48. The van der Waals surface area contributed by atoms with Crippen LogP contribution in [0.3, 0.4) is 0 Å². The van der Waals surface area contributed by atoms with E-state index in [1.165, 1.54) is 21.6 Å². The van der Waals surface area contributed by atoms with E-state index in [-0.39, 0.29) is 30.4 Å². The zero-order chi connectivity index (χ0) is 24.0. The molecule has 0 radical (unpaired) electrons. The topological polar surface area (TPSA) is 81.8 Å². The van der Waals surface area contributed by atoms with Gasteiger partial charge in [0.1, 0.15) is 23.1 Å². The predicted octanol–water partition coefficient (Wildman–Crippen LogP) is 4.35. The molecule has 172 valence electrons. The molecular weight excluding hydrogens is 439 g/mol. The van der Waals surface area contributed by atoms with Gasteiger partial charge in [-0.15, -0.1) is 0 Å². The summed E-state index contributed by atoms with van der Waals surface area (Å²) in [5, 5.41) is 0.784. The molecule has 0 saturated carbocycles. The molecule has 0 fully saturated rings. The zero-order valence-electron chi connectivity index (χ0n) is 18.6. The number of anilines is 1. The summed E-state index contributed by atoms with van der Waals surface area (Å²) in [5.41, 5.74) is 2.21. The van der Waals surface area contributed by atoms with Crippen molar-refractivity contribution in [2.75, 3.05) is 11.5 Å². The van der Waals surface area contributed by atoms with E-state index in [9.17, 15) is 14.4 Å². The summed E-state index contributed by atoms with van der Waals surface area (Å²) in [7, 11) is 0. The molecule has 1 aliphatic heterocycles. The molecule has 0 aliphatic carbocycles. The number of para-hydroxylation sites is 1. The first kappa shape index (κ1) is 21.6. The van der Waals surface area contributed by atoms with Crippen LogP contribution >= 0.6 is 0 Å². The molecule has 34 heavy (non-hydrogen) atoms. The Balaban J connectivity index is 1.57. The van der Waals surface area contributed by atoms with Gasteiger partial charge in [0, 0.05) is 23.2 Å². The van der Waals surface area contributed by atoms with Crippen LogP contribution in [0.15, 0.2) is 70.0 Å². The van der Waals surface area contributed by atoms with Gasteiger partial charge in [-0.2, -0.15) is 0 Å². The highest BCUT2D eigenvalue weighted by Crippen LogP contribution is 2.41. The quantitative estimate of drug-likeness (QED) is 0.327. The van der Waals surface area contributed by atoms with E-state index >= 15 is 4.39 Å². The van der Waals surface area contributed by atoms with Gasteiger partial charge in [0.15, 0.2) is 0 Å². The summed E-state index contributed by atoms with van der Waals surface area (Å²) >= 11 is 0. The van der Waals surface area contributed by atoms with Crippen LogP contribution in [0.25, 0.3) is 11.0 Å². The summed E-state index contributed by atoms with van der Waals surface area (Å²) in [6.45, 7) is 3.77. The van der Waals surface area contributed by atoms with Crippen molar-refractivity contribution < 1.29 is 23.1 Å². The van der Waals surface area contributed by atoms with Gasteiger partial charge in [0.05, 0.1) is 18.8 Å². The van der Waals surface area contributed by atoms with Gasteiger partial charge in [-0.1, -0.05) is 24.3 Å². The lowest BCUT2D eigenvalue weighted by Crippen LogP contribution is -2.32. The number of aryl methyl sites for hydroxylation is 1. The van der Waals surface area contributed by atoms with E-state index in [0.717, 1.165) is 10.9 Å². The lowest BCUT2D eigenvalue weighted by molar-refractivity contribution is -0.120. The summed E-state index contributed by atoms with van der Waals surface area (Å²) < 4.78 is 27.0. The zero-order valence-corrected chi connectivity index (χ0v) is 18.6. The first-order valence-electron chi connectivity index (χ1n) is 10.9. The monoisotopic (exact) mass is 460 g/mol. The molecule has 8 heteroatoms.